The van der Waals surface area contributed by atoms with E-state index >= 15 is 0 Å². The maximum Gasteiger partial charge on any atom is 0.235 e. The molecule has 3 rings (SSSR count). The molecule has 2 aliphatic heterocycles. The lowest BCUT2D eigenvalue weighted by atomic mass is 9.97. The molecule has 2 aliphatic rings. The number of piperidine rings is 1. The van der Waals surface area contributed by atoms with Gasteiger partial charge in [-0.3, -0.25) is 9.10 Å². The van der Waals surface area contributed by atoms with Crippen molar-refractivity contribution in [3.63, 3.8) is 0 Å². The Morgan fingerprint density at radius 3 is 2.23 bits per heavy atom. The Morgan fingerprint density at radius 1 is 1.12 bits per heavy atom. The minimum Gasteiger partial charge on any atom is -0.326 e. The number of nitrogens with zero attached hydrogens (tertiary/aromatic N) is 2. The Morgan fingerprint density at radius 2 is 1.73 bits per heavy atom. The van der Waals surface area contributed by atoms with Crippen molar-refractivity contribution >= 4 is 37.3 Å². The highest BCUT2D eigenvalue weighted by atomic mass is 32.2. The molecule has 1 amide bonds. The monoisotopic (exact) mass is 401 g/mol. The van der Waals surface area contributed by atoms with E-state index in [0.717, 1.165) is 0 Å². The first-order chi connectivity index (χ1) is 12.2. The van der Waals surface area contributed by atoms with E-state index in [0.29, 0.717) is 50.3 Å². The average molecular weight is 402 g/mol. The van der Waals surface area contributed by atoms with Crippen LogP contribution < -0.4 is 9.62 Å². The zero-order chi connectivity index (χ0) is 18.9. The van der Waals surface area contributed by atoms with Crippen molar-refractivity contribution in [2.24, 2.45) is 5.92 Å². The minimum atomic E-state index is -3.22. The number of hydrogen-bond acceptors (Lipinski definition) is 5. The van der Waals surface area contributed by atoms with E-state index in [2.05, 4.69) is 5.32 Å². The van der Waals surface area contributed by atoms with Gasteiger partial charge in [-0.2, -0.15) is 0 Å². The molecule has 2 heterocycles. The van der Waals surface area contributed by atoms with Crippen molar-refractivity contribution in [2.45, 2.75) is 19.3 Å². The van der Waals surface area contributed by atoms with Gasteiger partial charge in [-0.1, -0.05) is 0 Å². The molecule has 0 saturated carbocycles. The standard InChI is InChI=1S/C16H23N3O5S2/c1-25(21,22)18-10-7-13(8-11-18)16(20)17-14-3-5-15(6-4-14)19-9-2-12-26(19,23)24/h3-6,13H,2,7-12H2,1H3,(H,17,20). The molecule has 0 aliphatic carbocycles. The van der Waals surface area contributed by atoms with E-state index in [9.17, 15) is 21.6 Å². The number of anilines is 2. The normalized spacial score (nSPS) is 21.7. The SMILES string of the molecule is CS(=O)(=O)N1CCC(C(=O)Nc2ccc(N3CCCS3(=O)=O)cc2)CC1. The van der Waals surface area contributed by atoms with Crippen molar-refractivity contribution < 1.29 is 21.6 Å². The lowest BCUT2D eigenvalue weighted by molar-refractivity contribution is -0.120. The fourth-order valence-electron chi connectivity index (χ4n) is 3.33. The fourth-order valence-corrected chi connectivity index (χ4v) is 5.77. The lowest BCUT2D eigenvalue weighted by Gasteiger charge is -2.29. The van der Waals surface area contributed by atoms with Crippen molar-refractivity contribution in [3.8, 4) is 0 Å². The number of amides is 1. The second-order valence-corrected chi connectivity index (χ2v) is 10.7. The number of nitrogens with one attached hydrogen (secondary N) is 1. The third kappa shape index (κ3) is 4.18. The highest BCUT2D eigenvalue weighted by Crippen LogP contribution is 2.26. The van der Waals surface area contributed by atoms with Crippen LogP contribution in [-0.2, 0) is 24.8 Å². The molecule has 10 heteroatoms. The molecule has 26 heavy (non-hydrogen) atoms. The number of hydrogen-bond donors (Lipinski definition) is 1. The van der Waals surface area contributed by atoms with Gasteiger partial charge in [0.2, 0.25) is 26.0 Å². The van der Waals surface area contributed by atoms with Gasteiger partial charge in [0.05, 0.1) is 17.7 Å². The Labute approximate surface area is 154 Å². The van der Waals surface area contributed by atoms with Crippen LogP contribution in [0.5, 0.6) is 0 Å². The average Bonchev–Trinajstić information content (AvgIpc) is 2.94. The smallest absolute Gasteiger partial charge is 0.235 e. The van der Waals surface area contributed by atoms with Crippen LogP contribution in [0.3, 0.4) is 0 Å². The molecule has 1 N–H and O–H groups in total. The highest BCUT2D eigenvalue weighted by Gasteiger charge is 2.30. The topological polar surface area (TPSA) is 104 Å². The molecule has 0 aromatic heterocycles. The second-order valence-electron chi connectivity index (χ2n) is 6.71. The molecular weight excluding hydrogens is 378 g/mol. The molecule has 2 fully saturated rings. The van der Waals surface area contributed by atoms with E-state index in [1.165, 1.54) is 14.9 Å². The van der Waals surface area contributed by atoms with Crippen LogP contribution in [0.25, 0.3) is 0 Å². The van der Waals surface area contributed by atoms with Gasteiger partial charge in [0.25, 0.3) is 0 Å². The van der Waals surface area contributed by atoms with Gasteiger partial charge in [-0.15, -0.1) is 0 Å². The van der Waals surface area contributed by atoms with E-state index < -0.39 is 20.0 Å². The molecule has 0 bridgehead atoms. The molecule has 0 spiro atoms. The van der Waals surface area contributed by atoms with Crippen LogP contribution in [0.15, 0.2) is 24.3 Å². The van der Waals surface area contributed by atoms with Crippen molar-refractivity contribution in [1.82, 2.24) is 4.31 Å². The summed E-state index contributed by atoms with van der Waals surface area (Å²) in [5.74, 6) is -0.205. The van der Waals surface area contributed by atoms with Crippen LogP contribution in [0, 0.1) is 5.92 Å². The fraction of sp³-hybridized carbons (Fsp3) is 0.562. The first kappa shape index (κ1) is 19.1. The highest BCUT2D eigenvalue weighted by molar-refractivity contribution is 7.93. The summed E-state index contributed by atoms with van der Waals surface area (Å²) in [6.45, 7) is 1.18. The third-order valence-corrected chi connectivity index (χ3v) is 7.99. The summed E-state index contributed by atoms with van der Waals surface area (Å²) in [5.41, 5.74) is 1.20. The summed E-state index contributed by atoms with van der Waals surface area (Å²) >= 11 is 0. The summed E-state index contributed by atoms with van der Waals surface area (Å²) in [6, 6.07) is 6.74. The van der Waals surface area contributed by atoms with Gasteiger partial charge in [-0.25, -0.2) is 21.1 Å². The third-order valence-electron chi connectivity index (χ3n) is 4.82. The summed E-state index contributed by atoms with van der Waals surface area (Å²) in [6.07, 6.45) is 2.77. The van der Waals surface area contributed by atoms with Crippen LogP contribution in [0.2, 0.25) is 0 Å². The molecule has 0 unspecified atom stereocenters. The van der Waals surface area contributed by atoms with Crippen molar-refractivity contribution in [3.05, 3.63) is 24.3 Å². The first-order valence-corrected chi connectivity index (χ1v) is 12.0. The Kier molecular flexibility index (Phi) is 5.27. The van der Waals surface area contributed by atoms with Gasteiger partial charge in [-0.05, 0) is 43.5 Å². The zero-order valence-corrected chi connectivity index (χ0v) is 16.2. The Balaban J connectivity index is 1.59. The predicted molar refractivity (Wildman–Crippen MR) is 100.0 cm³/mol. The second kappa shape index (κ2) is 7.16. The lowest BCUT2D eigenvalue weighted by Crippen LogP contribution is -2.40. The van der Waals surface area contributed by atoms with Gasteiger partial charge in [0.15, 0.2) is 0 Å². The Bertz CT molecular complexity index is 873. The maximum absolute atomic E-state index is 12.4. The predicted octanol–water partition coefficient (Wildman–Crippen LogP) is 0.837. The van der Waals surface area contributed by atoms with E-state index in [1.54, 1.807) is 24.3 Å². The number of sulfonamides is 2. The number of carbonyl (C=O) groups is 1. The Hall–Kier alpha value is -1.65. The van der Waals surface area contributed by atoms with E-state index in [-0.39, 0.29) is 17.6 Å². The molecule has 8 nitrogen and oxygen atoms in total. The number of benzene rings is 1. The molecule has 2 saturated heterocycles. The van der Waals surface area contributed by atoms with Crippen LogP contribution in [0.4, 0.5) is 11.4 Å². The zero-order valence-electron chi connectivity index (χ0n) is 14.6. The van der Waals surface area contributed by atoms with Crippen LogP contribution >= 0.6 is 0 Å². The molecule has 1 aromatic carbocycles. The maximum atomic E-state index is 12.4. The molecule has 0 radical (unpaired) electrons. The summed E-state index contributed by atoms with van der Waals surface area (Å²) in [4.78, 5) is 12.4. The molecule has 0 atom stereocenters. The number of rotatable bonds is 4. The summed E-state index contributed by atoms with van der Waals surface area (Å²) < 4.78 is 49.7. The molecule has 1 aromatic rings. The van der Waals surface area contributed by atoms with Gasteiger partial charge < -0.3 is 5.32 Å². The van der Waals surface area contributed by atoms with Crippen LogP contribution in [-0.4, -0.2) is 58.7 Å². The summed E-state index contributed by atoms with van der Waals surface area (Å²) in [7, 11) is -6.43. The van der Waals surface area contributed by atoms with E-state index in [4.69, 9.17) is 0 Å². The van der Waals surface area contributed by atoms with Gasteiger partial charge >= 0.3 is 0 Å². The van der Waals surface area contributed by atoms with Crippen molar-refractivity contribution in [1.29, 1.82) is 0 Å². The first-order valence-electron chi connectivity index (χ1n) is 8.53. The summed E-state index contributed by atoms with van der Waals surface area (Å²) in [5, 5.41) is 2.83. The van der Waals surface area contributed by atoms with E-state index in [1.807, 2.05) is 0 Å². The molecular formula is C16H23N3O5S2. The molecule has 144 valence electrons. The van der Waals surface area contributed by atoms with Crippen molar-refractivity contribution in [2.75, 3.05) is 41.3 Å². The largest absolute Gasteiger partial charge is 0.326 e. The van der Waals surface area contributed by atoms with Gasteiger partial charge in [0.1, 0.15) is 0 Å². The number of carbonyl (C=O) groups excluding carboxylic acids is 1. The van der Waals surface area contributed by atoms with Crippen LogP contribution in [0.1, 0.15) is 19.3 Å². The van der Waals surface area contributed by atoms with Gasteiger partial charge in [0, 0.05) is 31.2 Å². The quantitative estimate of drug-likeness (QED) is 0.805. The minimum absolute atomic E-state index is 0.139.